The van der Waals surface area contributed by atoms with Crippen LogP contribution >= 0.6 is 0 Å². The molecule has 0 saturated heterocycles. The number of amides is 3. The fourth-order valence-electron chi connectivity index (χ4n) is 6.91. The molecule has 2 fully saturated rings. The van der Waals surface area contributed by atoms with Crippen LogP contribution in [0.2, 0.25) is 0 Å². The summed E-state index contributed by atoms with van der Waals surface area (Å²) in [5, 5.41) is 15.1. The van der Waals surface area contributed by atoms with Gasteiger partial charge >= 0.3 is 0 Å². The van der Waals surface area contributed by atoms with Crippen molar-refractivity contribution in [3.05, 3.63) is 72.1 Å². The number of hydrogen-bond acceptors (Lipinski definition) is 6. The van der Waals surface area contributed by atoms with Crippen molar-refractivity contribution in [2.45, 2.75) is 90.1 Å². The first-order chi connectivity index (χ1) is 23.4. The number of primary amides is 1. The minimum Gasteiger partial charge on any atom is -0.368 e. The quantitative estimate of drug-likeness (QED) is 0.217. The summed E-state index contributed by atoms with van der Waals surface area (Å²) in [6.45, 7) is 8.43. The summed E-state index contributed by atoms with van der Waals surface area (Å²) in [6.07, 6.45) is 8.53. The lowest BCUT2D eigenvalue weighted by molar-refractivity contribution is -0.128. The van der Waals surface area contributed by atoms with E-state index in [1.165, 1.54) is 0 Å². The van der Waals surface area contributed by atoms with Gasteiger partial charge in [-0.3, -0.25) is 24.4 Å². The van der Waals surface area contributed by atoms with Gasteiger partial charge in [0.2, 0.25) is 17.7 Å². The Balaban J connectivity index is 1.02. The molecule has 0 spiro atoms. The molecule has 0 bridgehead atoms. The molecule has 2 aliphatic carbocycles. The molecule has 2 heterocycles. The van der Waals surface area contributed by atoms with E-state index >= 15 is 0 Å². The van der Waals surface area contributed by atoms with E-state index in [0.717, 1.165) is 57.7 Å². The number of carbonyl (C=O) groups is 3. The van der Waals surface area contributed by atoms with Crippen molar-refractivity contribution in [2.75, 3.05) is 0 Å². The summed E-state index contributed by atoms with van der Waals surface area (Å²) in [5.41, 5.74) is 12.7. The highest BCUT2D eigenvalue weighted by molar-refractivity contribution is 6.03. The zero-order valence-corrected chi connectivity index (χ0v) is 28.9. The van der Waals surface area contributed by atoms with Gasteiger partial charge in [-0.15, -0.1) is 0 Å². The second kappa shape index (κ2) is 13.6. The third kappa shape index (κ3) is 7.59. The summed E-state index contributed by atoms with van der Waals surface area (Å²) in [6, 6.07) is 19.3. The molecule has 0 radical (unpaired) electrons. The summed E-state index contributed by atoms with van der Waals surface area (Å²) in [7, 11) is 0. The number of nitrogens with zero attached hydrogens (tertiary/aromatic N) is 3. The fraction of sp³-hybridized carbons (Fsp3) is 0.450. The molecule has 254 valence electrons. The normalized spacial score (nSPS) is 19.6. The van der Waals surface area contributed by atoms with Crippen LogP contribution in [0.25, 0.3) is 22.3 Å². The monoisotopic (exact) mass is 658 g/mol. The molecule has 2 aliphatic heterocycles. The van der Waals surface area contributed by atoms with Crippen LogP contribution in [0.3, 0.4) is 0 Å². The van der Waals surface area contributed by atoms with Crippen molar-refractivity contribution >= 4 is 40.3 Å². The van der Waals surface area contributed by atoms with Crippen molar-refractivity contribution in [3.63, 3.8) is 0 Å². The van der Waals surface area contributed by atoms with Gasteiger partial charge in [-0.05, 0) is 70.9 Å². The second-order valence-electron chi connectivity index (χ2n) is 14.9. The molecule has 0 aromatic heterocycles. The molecule has 2 aromatic rings. The lowest BCUT2D eigenvalue weighted by Gasteiger charge is -2.22. The topological polar surface area (TPSA) is 150 Å². The van der Waals surface area contributed by atoms with Gasteiger partial charge in [-0.25, -0.2) is 0 Å². The Morgan fingerprint density at radius 3 is 1.47 bits per heavy atom. The van der Waals surface area contributed by atoms with Gasteiger partial charge in [0.1, 0.15) is 11.1 Å². The predicted octanol–water partition coefficient (Wildman–Crippen LogP) is 6.36. The number of allylic oxidation sites excluding steroid dienone is 2. The van der Waals surface area contributed by atoms with E-state index < -0.39 is 17.0 Å². The average Bonchev–Trinajstić information content (AvgIpc) is 3.92. The minimum atomic E-state index is -0.857. The zero-order valence-electron chi connectivity index (χ0n) is 28.9. The molecule has 2 atom stereocenters. The number of hydrogen-bond donors (Lipinski definition) is 3. The molecule has 49 heavy (non-hydrogen) atoms. The Bertz CT molecular complexity index is 1800. The van der Waals surface area contributed by atoms with Crippen LogP contribution in [0.4, 0.5) is 0 Å². The molecule has 4 N–H and O–H groups in total. The summed E-state index contributed by atoms with van der Waals surface area (Å²) >= 11 is 0. The zero-order chi connectivity index (χ0) is 34.9. The Labute approximate surface area is 288 Å². The number of benzene rings is 2. The Hall–Kier alpha value is -4.84. The van der Waals surface area contributed by atoms with Crippen molar-refractivity contribution in [1.82, 2.24) is 10.6 Å². The molecule has 3 amide bonds. The SMILES string of the molecule is CC(C)[C@H](CC(=O)NC1(C#N)CC1)C1=NC=C(c2ccc(-c3ccc(C4=CN=C([C@@H](CC(=O)NC5(C(N)=O)CC5)C(C)C)C4)cc3)cc2)C1. The molecule has 4 aliphatic rings. The molecule has 6 rings (SSSR count). The average molecular weight is 659 g/mol. The molecule has 2 saturated carbocycles. The van der Waals surface area contributed by atoms with Crippen LogP contribution in [-0.2, 0) is 14.4 Å². The predicted molar refractivity (Wildman–Crippen MR) is 193 cm³/mol. The van der Waals surface area contributed by atoms with E-state index in [-0.39, 0.29) is 41.9 Å². The van der Waals surface area contributed by atoms with Gasteiger partial charge in [0, 0.05) is 61.3 Å². The van der Waals surface area contributed by atoms with Crippen LogP contribution < -0.4 is 16.4 Å². The second-order valence-corrected chi connectivity index (χ2v) is 14.9. The van der Waals surface area contributed by atoms with Gasteiger partial charge in [-0.1, -0.05) is 76.2 Å². The first-order valence-electron chi connectivity index (χ1n) is 17.5. The Morgan fingerprint density at radius 1 is 0.714 bits per heavy atom. The highest BCUT2D eigenvalue weighted by Gasteiger charge is 2.50. The van der Waals surface area contributed by atoms with Crippen LogP contribution in [0.1, 0.15) is 90.2 Å². The largest absolute Gasteiger partial charge is 0.368 e. The summed E-state index contributed by atoms with van der Waals surface area (Å²) in [5.74, 6) is -0.207. The number of rotatable bonds is 14. The maximum Gasteiger partial charge on any atom is 0.243 e. The van der Waals surface area contributed by atoms with Crippen LogP contribution in [0, 0.1) is 35.0 Å². The molecular weight excluding hydrogens is 612 g/mol. The molecule has 9 nitrogen and oxygen atoms in total. The highest BCUT2D eigenvalue weighted by atomic mass is 16.2. The molecule has 0 unspecified atom stereocenters. The number of nitrogens with two attached hydrogens (primary N) is 1. The number of nitriles is 1. The third-order valence-electron chi connectivity index (χ3n) is 10.6. The maximum absolute atomic E-state index is 12.8. The standard InChI is InChI=1S/C40H46N6O3/c1-24(2)32(19-36(47)45-39(23-41)13-14-39)34-17-30(21-43-34)28-9-5-26(6-10-28)27-7-11-29(12-8-27)31-18-35(44-22-31)33(25(3)4)20-37(48)46-40(15-16-40)38(42)49/h5-12,21-22,24-25,32-33H,13-20H2,1-4H3,(H2,42,49)(H,45,47)(H,46,48)/t32-,33-/m0/s1. The first-order valence-corrected chi connectivity index (χ1v) is 17.5. The number of nitrogens with one attached hydrogen (secondary N) is 2. The van der Waals surface area contributed by atoms with E-state index in [1.807, 2.05) is 12.4 Å². The van der Waals surface area contributed by atoms with Crippen molar-refractivity contribution in [2.24, 2.45) is 39.4 Å². The molecule has 2 aromatic carbocycles. The van der Waals surface area contributed by atoms with Gasteiger partial charge in [0.25, 0.3) is 0 Å². The Morgan fingerprint density at radius 2 is 1.12 bits per heavy atom. The van der Waals surface area contributed by atoms with Gasteiger partial charge in [0.15, 0.2) is 0 Å². The molecule has 9 heteroatoms. The van der Waals surface area contributed by atoms with E-state index in [1.54, 1.807) is 0 Å². The fourth-order valence-corrected chi connectivity index (χ4v) is 6.91. The van der Waals surface area contributed by atoms with Crippen LogP contribution in [0.15, 0.2) is 70.9 Å². The van der Waals surface area contributed by atoms with Gasteiger partial charge in [0.05, 0.1) is 6.07 Å². The van der Waals surface area contributed by atoms with Crippen LogP contribution in [0.5, 0.6) is 0 Å². The van der Waals surface area contributed by atoms with Gasteiger partial charge < -0.3 is 16.4 Å². The Kier molecular flexibility index (Phi) is 9.43. The smallest absolute Gasteiger partial charge is 0.243 e. The summed E-state index contributed by atoms with van der Waals surface area (Å²) < 4.78 is 0. The lowest BCUT2D eigenvalue weighted by atomic mass is 9.84. The molecular formula is C40H46N6O3. The maximum atomic E-state index is 12.8. The van der Waals surface area contributed by atoms with Crippen molar-refractivity contribution in [3.8, 4) is 17.2 Å². The third-order valence-corrected chi connectivity index (χ3v) is 10.6. The number of aliphatic imine (C=N–C) groups is 2. The van der Waals surface area contributed by atoms with E-state index in [4.69, 9.17) is 15.7 Å². The first kappa shape index (κ1) is 34.0. The van der Waals surface area contributed by atoms with Crippen LogP contribution in [-0.4, -0.2) is 40.2 Å². The summed E-state index contributed by atoms with van der Waals surface area (Å²) in [4.78, 5) is 46.8. The lowest BCUT2D eigenvalue weighted by Crippen LogP contribution is -2.47. The minimum absolute atomic E-state index is 0.0216. The van der Waals surface area contributed by atoms with E-state index in [9.17, 15) is 19.6 Å². The van der Waals surface area contributed by atoms with Gasteiger partial charge in [-0.2, -0.15) is 5.26 Å². The highest BCUT2D eigenvalue weighted by Crippen LogP contribution is 2.38. The van der Waals surface area contributed by atoms with E-state index in [0.29, 0.717) is 32.1 Å². The van der Waals surface area contributed by atoms with Crippen molar-refractivity contribution < 1.29 is 14.4 Å². The number of carbonyl (C=O) groups excluding carboxylic acids is 3. The van der Waals surface area contributed by atoms with Crippen molar-refractivity contribution in [1.29, 1.82) is 5.26 Å². The van der Waals surface area contributed by atoms with E-state index in [2.05, 4.69) is 92.9 Å².